The Morgan fingerprint density at radius 3 is 2.41 bits per heavy atom. The van der Waals surface area contributed by atoms with E-state index in [1.807, 2.05) is 6.92 Å². The first-order valence-electron chi connectivity index (χ1n) is 10.3. The van der Waals surface area contributed by atoms with Gasteiger partial charge in [-0.05, 0) is 19.3 Å². The Kier molecular flexibility index (Phi) is 7.21. The standard InChI is InChI=1S/C21H32N2O6/c1-5-6-10-13(19(27)22-29)23-16(12-9-7-8-11-14(12)24)15(17(25)20(23)28)18(26)21(2,3)4/h12-13,16,25,29H,5-11H2,1-4H3,(H,22,27). The van der Waals surface area contributed by atoms with Crippen LogP contribution in [0.15, 0.2) is 11.3 Å². The monoisotopic (exact) mass is 408 g/mol. The van der Waals surface area contributed by atoms with Gasteiger partial charge in [-0.3, -0.25) is 24.4 Å². The van der Waals surface area contributed by atoms with Crippen LogP contribution in [0.5, 0.6) is 0 Å². The van der Waals surface area contributed by atoms with Crippen molar-refractivity contribution < 1.29 is 29.5 Å². The zero-order valence-electron chi connectivity index (χ0n) is 17.7. The molecule has 3 N–H and O–H groups in total. The van der Waals surface area contributed by atoms with E-state index in [4.69, 9.17) is 0 Å². The Morgan fingerprint density at radius 1 is 1.24 bits per heavy atom. The van der Waals surface area contributed by atoms with E-state index in [-0.39, 0.29) is 17.8 Å². The number of carbonyl (C=O) groups excluding carboxylic acids is 4. The molecule has 3 unspecified atom stereocenters. The van der Waals surface area contributed by atoms with Gasteiger partial charge in [-0.1, -0.05) is 47.0 Å². The Morgan fingerprint density at radius 2 is 1.90 bits per heavy atom. The van der Waals surface area contributed by atoms with Gasteiger partial charge in [-0.2, -0.15) is 0 Å². The number of ketones is 2. The molecule has 1 aliphatic carbocycles. The van der Waals surface area contributed by atoms with Crippen LogP contribution in [-0.4, -0.2) is 50.7 Å². The smallest absolute Gasteiger partial charge is 0.290 e. The van der Waals surface area contributed by atoms with Crippen LogP contribution in [0.4, 0.5) is 0 Å². The molecule has 2 amide bonds. The fraction of sp³-hybridized carbons (Fsp3) is 0.714. The van der Waals surface area contributed by atoms with Gasteiger partial charge in [0.2, 0.25) is 0 Å². The summed E-state index contributed by atoms with van der Waals surface area (Å²) < 4.78 is 0. The molecule has 1 fully saturated rings. The van der Waals surface area contributed by atoms with Gasteiger partial charge in [0, 0.05) is 17.8 Å². The van der Waals surface area contributed by atoms with Crippen LogP contribution in [0.25, 0.3) is 0 Å². The molecule has 3 atom stereocenters. The maximum absolute atomic E-state index is 13.1. The van der Waals surface area contributed by atoms with Crippen molar-refractivity contribution in [3.05, 3.63) is 11.3 Å². The quantitative estimate of drug-likeness (QED) is 0.439. The number of hydrogen-bond acceptors (Lipinski definition) is 6. The molecule has 0 spiro atoms. The fourth-order valence-electron chi connectivity index (χ4n) is 4.23. The number of rotatable bonds is 7. The van der Waals surface area contributed by atoms with Gasteiger partial charge in [0.05, 0.1) is 11.6 Å². The molecule has 29 heavy (non-hydrogen) atoms. The molecule has 0 aromatic carbocycles. The van der Waals surface area contributed by atoms with E-state index >= 15 is 0 Å². The van der Waals surface area contributed by atoms with Crippen molar-refractivity contribution in [1.82, 2.24) is 10.4 Å². The number of nitrogens with zero attached hydrogens (tertiary/aromatic N) is 1. The number of hydroxylamine groups is 1. The minimum absolute atomic E-state index is 0.0772. The Hall–Kier alpha value is -2.22. The predicted molar refractivity (Wildman–Crippen MR) is 105 cm³/mol. The largest absolute Gasteiger partial charge is 0.503 e. The van der Waals surface area contributed by atoms with Gasteiger partial charge in [-0.25, -0.2) is 5.48 Å². The van der Waals surface area contributed by atoms with Gasteiger partial charge in [0.15, 0.2) is 11.5 Å². The minimum Gasteiger partial charge on any atom is -0.503 e. The normalized spacial score (nSPS) is 24.1. The molecule has 0 bridgehead atoms. The molecule has 8 nitrogen and oxygen atoms in total. The summed E-state index contributed by atoms with van der Waals surface area (Å²) in [6.45, 7) is 6.96. The lowest BCUT2D eigenvalue weighted by Gasteiger charge is -2.38. The van der Waals surface area contributed by atoms with Gasteiger partial charge in [0.1, 0.15) is 11.8 Å². The maximum Gasteiger partial charge on any atom is 0.290 e. The second kappa shape index (κ2) is 9.07. The third kappa shape index (κ3) is 4.52. The van der Waals surface area contributed by atoms with Crippen LogP contribution in [-0.2, 0) is 19.2 Å². The number of Topliss-reactive ketones (excluding diaryl/α,β-unsaturated/α-hetero) is 2. The summed E-state index contributed by atoms with van der Waals surface area (Å²) in [5.41, 5.74) is 0.623. The van der Waals surface area contributed by atoms with E-state index < -0.39 is 46.8 Å². The summed E-state index contributed by atoms with van der Waals surface area (Å²) in [6.07, 6.45) is 3.91. The number of amides is 2. The summed E-state index contributed by atoms with van der Waals surface area (Å²) in [5, 5.41) is 19.9. The summed E-state index contributed by atoms with van der Waals surface area (Å²) in [6, 6.07) is -2.08. The molecular weight excluding hydrogens is 376 g/mol. The first-order chi connectivity index (χ1) is 13.6. The maximum atomic E-state index is 13.1. The molecular formula is C21H32N2O6. The summed E-state index contributed by atoms with van der Waals surface area (Å²) >= 11 is 0. The van der Waals surface area contributed by atoms with Crippen LogP contribution in [0.2, 0.25) is 0 Å². The lowest BCUT2D eigenvalue weighted by molar-refractivity contribution is -0.146. The highest BCUT2D eigenvalue weighted by molar-refractivity contribution is 6.12. The second-order valence-electron chi connectivity index (χ2n) is 8.95. The number of carbonyl (C=O) groups is 4. The molecule has 1 aliphatic heterocycles. The predicted octanol–water partition coefficient (Wildman–Crippen LogP) is 2.45. The van der Waals surface area contributed by atoms with Crippen LogP contribution in [0.3, 0.4) is 0 Å². The number of unbranched alkanes of at least 4 members (excludes halogenated alkanes) is 1. The van der Waals surface area contributed by atoms with Crippen LogP contribution in [0.1, 0.15) is 72.6 Å². The molecule has 8 heteroatoms. The molecule has 0 radical (unpaired) electrons. The van der Waals surface area contributed by atoms with Gasteiger partial charge < -0.3 is 10.0 Å². The Labute approximate surface area is 171 Å². The van der Waals surface area contributed by atoms with E-state index in [0.29, 0.717) is 19.3 Å². The molecule has 0 saturated heterocycles. The number of aliphatic hydroxyl groups excluding tert-OH is 1. The Bertz CT molecular complexity index is 721. The molecule has 2 rings (SSSR count). The van der Waals surface area contributed by atoms with Crippen molar-refractivity contribution in [1.29, 1.82) is 0 Å². The minimum atomic E-state index is -1.08. The highest BCUT2D eigenvalue weighted by Crippen LogP contribution is 2.40. The molecule has 162 valence electrons. The third-order valence-corrected chi connectivity index (χ3v) is 5.78. The van der Waals surface area contributed by atoms with Crippen molar-refractivity contribution >= 4 is 23.4 Å². The van der Waals surface area contributed by atoms with E-state index in [9.17, 15) is 29.5 Å². The summed E-state index contributed by atoms with van der Waals surface area (Å²) in [7, 11) is 0. The molecule has 0 aromatic heterocycles. The van der Waals surface area contributed by atoms with Crippen molar-refractivity contribution in [3.8, 4) is 0 Å². The summed E-state index contributed by atoms with van der Waals surface area (Å²) in [4.78, 5) is 52.5. The number of nitrogens with one attached hydrogen (secondary N) is 1. The highest BCUT2D eigenvalue weighted by Gasteiger charge is 2.53. The first-order valence-corrected chi connectivity index (χ1v) is 10.3. The summed E-state index contributed by atoms with van der Waals surface area (Å²) in [5.74, 6) is -3.49. The fourth-order valence-corrected chi connectivity index (χ4v) is 4.23. The average molecular weight is 408 g/mol. The van der Waals surface area contributed by atoms with Crippen LogP contribution in [0, 0.1) is 11.3 Å². The van der Waals surface area contributed by atoms with Gasteiger partial charge >= 0.3 is 0 Å². The zero-order chi connectivity index (χ0) is 21.9. The van der Waals surface area contributed by atoms with E-state index in [2.05, 4.69) is 0 Å². The van der Waals surface area contributed by atoms with Crippen molar-refractivity contribution in [2.24, 2.45) is 11.3 Å². The topological polar surface area (TPSA) is 124 Å². The highest BCUT2D eigenvalue weighted by atomic mass is 16.5. The van der Waals surface area contributed by atoms with Gasteiger partial charge in [-0.15, -0.1) is 0 Å². The molecule has 1 saturated carbocycles. The van der Waals surface area contributed by atoms with Crippen molar-refractivity contribution in [2.45, 2.75) is 84.7 Å². The molecule has 1 heterocycles. The van der Waals surface area contributed by atoms with E-state index in [1.54, 1.807) is 26.3 Å². The lowest BCUT2D eigenvalue weighted by Crippen LogP contribution is -2.55. The van der Waals surface area contributed by atoms with Crippen molar-refractivity contribution in [2.75, 3.05) is 0 Å². The molecule has 2 aliphatic rings. The first kappa shape index (κ1) is 23.1. The van der Waals surface area contributed by atoms with E-state index in [0.717, 1.165) is 24.2 Å². The molecule has 0 aromatic rings. The van der Waals surface area contributed by atoms with Crippen molar-refractivity contribution in [3.63, 3.8) is 0 Å². The number of hydrogen-bond donors (Lipinski definition) is 3. The SMILES string of the molecule is CCCCC(C(=O)NO)N1C(=O)C(O)=C(C(=O)C(C)(C)C)C1C1CCCCC1=O. The average Bonchev–Trinajstić information content (AvgIpc) is 2.92. The second-order valence-corrected chi connectivity index (χ2v) is 8.95. The van der Waals surface area contributed by atoms with Crippen LogP contribution < -0.4 is 5.48 Å². The van der Waals surface area contributed by atoms with E-state index in [1.165, 1.54) is 0 Å². The zero-order valence-corrected chi connectivity index (χ0v) is 17.7. The van der Waals surface area contributed by atoms with Crippen LogP contribution >= 0.6 is 0 Å². The Balaban J connectivity index is 2.59. The van der Waals surface area contributed by atoms with Gasteiger partial charge in [0.25, 0.3) is 11.8 Å². The lowest BCUT2D eigenvalue weighted by atomic mass is 9.75. The third-order valence-electron chi connectivity index (χ3n) is 5.78. The number of aliphatic hydroxyl groups is 1.